The Morgan fingerprint density at radius 2 is 2.10 bits per heavy atom. The Morgan fingerprint density at radius 1 is 1.25 bits per heavy atom. The maximum atomic E-state index is 5.24. The number of hydrogen-bond acceptors (Lipinski definition) is 6. The van der Waals surface area contributed by atoms with E-state index in [9.17, 15) is 0 Å². The molecule has 0 bridgehead atoms. The van der Waals surface area contributed by atoms with E-state index in [1.165, 1.54) is 4.88 Å². The lowest BCUT2D eigenvalue weighted by Gasteiger charge is -2.08. The van der Waals surface area contributed by atoms with E-state index in [4.69, 9.17) is 4.52 Å². The zero-order valence-electron chi connectivity index (χ0n) is 11.3. The monoisotopic (exact) mass is 286 g/mol. The van der Waals surface area contributed by atoms with Gasteiger partial charge in [-0.2, -0.15) is 4.98 Å². The summed E-state index contributed by atoms with van der Waals surface area (Å²) in [6, 6.07) is 7.90. The quantitative estimate of drug-likeness (QED) is 0.796. The number of nitrogens with zero attached hydrogens (tertiary/aromatic N) is 3. The summed E-state index contributed by atoms with van der Waals surface area (Å²) in [6.45, 7) is 4.54. The highest BCUT2D eigenvalue weighted by atomic mass is 32.1. The van der Waals surface area contributed by atoms with E-state index in [2.05, 4.69) is 20.4 Å². The Kier molecular flexibility index (Phi) is 3.47. The molecule has 0 unspecified atom stereocenters. The summed E-state index contributed by atoms with van der Waals surface area (Å²) in [7, 11) is 0. The normalized spacial score (nSPS) is 10.7. The second kappa shape index (κ2) is 5.42. The zero-order chi connectivity index (χ0) is 13.9. The minimum absolute atomic E-state index is 0.533. The maximum Gasteiger partial charge on any atom is 0.260 e. The Hall–Kier alpha value is -2.21. The molecule has 5 nitrogen and oxygen atoms in total. The summed E-state index contributed by atoms with van der Waals surface area (Å²) >= 11 is 1.69. The van der Waals surface area contributed by atoms with Crippen LogP contribution in [0.4, 0.5) is 5.69 Å². The molecule has 1 N–H and O–H groups in total. The summed E-state index contributed by atoms with van der Waals surface area (Å²) in [6.07, 6.45) is 1.90. The van der Waals surface area contributed by atoms with Crippen molar-refractivity contribution in [1.82, 2.24) is 15.1 Å². The first-order valence-electron chi connectivity index (χ1n) is 6.27. The molecule has 102 valence electrons. The fourth-order valence-electron chi connectivity index (χ4n) is 1.90. The van der Waals surface area contributed by atoms with Crippen LogP contribution in [0.15, 0.2) is 35.0 Å². The average molecular weight is 286 g/mol. The molecule has 0 radical (unpaired) electrons. The summed E-state index contributed by atoms with van der Waals surface area (Å²) in [5.74, 6) is 1.17. The molecule has 0 aliphatic rings. The molecule has 0 amide bonds. The third-order valence-electron chi connectivity index (χ3n) is 2.81. The minimum atomic E-state index is 0.533. The molecule has 2 aromatic heterocycles. The van der Waals surface area contributed by atoms with Crippen molar-refractivity contribution in [3.05, 3.63) is 46.2 Å². The van der Waals surface area contributed by atoms with E-state index in [0.29, 0.717) is 11.7 Å². The van der Waals surface area contributed by atoms with E-state index in [0.717, 1.165) is 22.8 Å². The van der Waals surface area contributed by atoms with Crippen LogP contribution in [0, 0.1) is 13.8 Å². The number of benzene rings is 1. The van der Waals surface area contributed by atoms with E-state index in [1.54, 1.807) is 11.3 Å². The second-order valence-electron chi connectivity index (χ2n) is 4.39. The fraction of sp³-hybridized carbons (Fsp3) is 0.214. The number of aromatic nitrogens is 3. The van der Waals surface area contributed by atoms with Crippen LogP contribution in [0.5, 0.6) is 0 Å². The fourth-order valence-corrected chi connectivity index (χ4v) is 2.63. The van der Waals surface area contributed by atoms with Gasteiger partial charge in [0.25, 0.3) is 5.89 Å². The van der Waals surface area contributed by atoms with Gasteiger partial charge in [-0.15, -0.1) is 11.3 Å². The summed E-state index contributed by atoms with van der Waals surface area (Å²) in [5, 5.41) is 8.30. The number of hydrogen-bond donors (Lipinski definition) is 1. The first kappa shape index (κ1) is 12.8. The third-order valence-corrected chi connectivity index (χ3v) is 3.72. The number of nitrogens with one attached hydrogen (secondary N) is 1. The number of para-hydroxylation sites is 1. The van der Waals surface area contributed by atoms with Gasteiger partial charge in [-0.05, 0) is 26.0 Å². The lowest BCUT2D eigenvalue weighted by molar-refractivity contribution is 0.426. The molecule has 0 aliphatic carbocycles. The Labute approximate surface area is 120 Å². The Bertz CT molecular complexity index is 719. The van der Waals surface area contributed by atoms with Crippen LogP contribution in [-0.2, 0) is 6.54 Å². The molecule has 3 aromatic rings. The molecule has 0 atom stereocenters. The van der Waals surface area contributed by atoms with Crippen molar-refractivity contribution < 1.29 is 4.52 Å². The predicted octanol–water partition coefficient (Wildman–Crippen LogP) is 3.42. The lowest BCUT2D eigenvalue weighted by atomic mass is 10.1. The van der Waals surface area contributed by atoms with E-state index in [-0.39, 0.29) is 0 Å². The van der Waals surface area contributed by atoms with Gasteiger partial charge in [0.2, 0.25) is 0 Å². The van der Waals surface area contributed by atoms with Crippen LogP contribution >= 0.6 is 11.3 Å². The molecule has 0 aliphatic heterocycles. The standard InChI is InChI=1S/C14H14N4OS/c1-9-17-14(19-18-9)12-5-3-4-6-13(12)16-8-11-7-15-10(2)20-11/h3-7,16H,8H2,1-2H3. The Morgan fingerprint density at radius 3 is 2.80 bits per heavy atom. The average Bonchev–Trinajstić information content (AvgIpc) is 3.06. The molecular formula is C14H14N4OS. The number of aryl methyl sites for hydroxylation is 2. The first-order chi connectivity index (χ1) is 9.72. The highest BCUT2D eigenvalue weighted by Crippen LogP contribution is 2.27. The van der Waals surface area contributed by atoms with Gasteiger partial charge in [0.1, 0.15) is 0 Å². The Balaban J connectivity index is 1.83. The first-order valence-corrected chi connectivity index (χ1v) is 7.09. The molecule has 0 saturated carbocycles. The smallest absolute Gasteiger partial charge is 0.260 e. The van der Waals surface area contributed by atoms with Crippen LogP contribution in [0.3, 0.4) is 0 Å². The van der Waals surface area contributed by atoms with Gasteiger partial charge in [0, 0.05) is 16.8 Å². The van der Waals surface area contributed by atoms with Crippen molar-refractivity contribution in [2.75, 3.05) is 5.32 Å². The van der Waals surface area contributed by atoms with Crippen molar-refractivity contribution in [1.29, 1.82) is 0 Å². The van der Waals surface area contributed by atoms with Gasteiger partial charge in [-0.3, -0.25) is 0 Å². The van der Waals surface area contributed by atoms with Crippen LogP contribution in [0.1, 0.15) is 15.7 Å². The number of anilines is 1. The van der Waals surface area contributed by atoms with Gasteiger partial charge in [-0.25, -0.2) is 4.98 Å². The second-order valence-corrected chi connectivity index (χ2v) is 5.71. The van der Waals surface area contributed by atoms with Crippen molar-refractivity contribution in [2.24, 2.45) is 0 Å². The molecule has 3 rings (SSSR count). The van der Waals surface area contributed by atoms with Crippen LogP contribution in [0.2, 0.25) is 0 Å². The van der Waals surface area contributed by atoms with Crippen molar-refractivity contribution in [3.63, 3.8) is 0 Å². The molecule has 0 fully saturated rings. The van der Waals surface area contributed by atoms with Gasteiger partial charge in [-0.1, -0.05) is 17.3 Å². The SMILES string of the molecule is Cc1noc(-c2ccccc2NCc2cnc(C)s2)n1. The predicted molar refractivity (Wildman–Crippen MR) is 78.6 cm³/mol. The topological polar surface area (TPSA) is 63.8 Å². The summed E-state index contributed by atoms with van der Waals surface area (Å²) in [5.41, 5.74) is 1.89. The highest BCUT2D eigenvalue weighted by Gasteiger charge is 2.11. The van der Waals surface area contributed by atoms with Gasteiger partial charge >= 0.3 is 0 Å². The van der Waals surface area contributed by atoms with Gasteiger partial charge in [0.05, 0.1) is 17.1 Å². The molecule has 2 heterocycles. The van der Waals surface area contributed by atoms with Crippen LogP contribution < -0.4 is 5.32 Å². The van der Waals surface area contributed by atoms with E-state index >= 15 is 0 Å². The largest absolute Gasteiger partial charge is 0.379 e. The molecule has 0 saturated heterocycles. The molecule has 1 aromatic carbocycles. The van der Waals surface area contributed by atoms with Crippen LogP contribution in [0.25, 0.3) is 11.5 Å². The summed E-state index contributed by atoms with van der Waals surface area (Å²) < 4.78 is 5.24. The molecule has 0 spiro atoms. The van der Waals surface area contributed by atoms with E-state index in [1.807, 2.05) is 44.3 Å². The van der Waals surface area contributed by atoms with Crippen molar-refractivity contribution in [3.8, 4) is 11.5 Å². The number of rotatable bonds is 4. The summed E-state index contributed by atoms with van der Waals surface area (Å²) in [4.78, 5) is 9.72. The van der Waals surface area contributed by atoms with Gasteiger partial charge < -0.3 is 9.84 Å². The zero-order valence-corrected chi connectivity index (χ0v) is 12.1. The van der Waals surface area contributed by atoms with Gasteiger partial charge in [0.15, 0.2) is 5.82 Å². The van der Waals surface area contributed by atoms with E-state index < -0.39 is 0 Å². The molecule has 20 heavy (non-hydrogen) atoms. The highest BCUT2D eigenvalue weighted by molar-refractivity contribution is 7.11. The molecular weight excluding hydrogens is 272 g/mol. The minimum Gasteiger partial charge on any atom is -0.379 e. The molecule has 6 heteroatoms. The van der Waals surface area contributed by atoms with Crippen molar-refractivity contribution >= 4 is 17.0 Å². The van der Waals surface area contributed by atoms with Crippen molar-refractivity contribution in [2.45, 2.75) is 20.4 Å². The third kappa shape index (κ3) is 2.70. The number of thiazole rings is 1. The lowest BCUT2D eigenvalue weighted by Crippen LogP contribution is -1.99. The van der Waals surface area contributed by atoms with Crippen LogP contribution in [-0.4, -0.2) is 15.1 Å². The maximum absolute atomic E-state index is 5.24.